The normalized spacial score (nSPS) is 10.9. The monoisotopic (exact) mass is 472 g/mol. The number of para-hydroxylation sites is 1. The number of nitrogens with one attached hydrogen (secondary N) is 1. The van der Waals surface area contributed by atoms with Crippen LogP contribution in [0.25, 0.3) is 5.69 Å². The summed E-state index contributed by atoms with van der Waals surface area (Å²) in [4.78, 5) is 43.0. The van der Waals surface area contributed by atoms with Crippen molar-refractivity contribution < 1.29 is 4.79 Å². The van der Waals surface area contributed by atoms with Gasteiger partial charge in [0.2, 0.25) is 0 Å². The van der Waals surface area contributed by atoms with Crippen molar-refractivity contribution in [3.63, 3.8) is 0 Å². The third kappa shape index (κ3) is 4.79. The number of hydrogen-bond acceptors (Lipinski definition) is 5. The number of carbonyl (C=O) groups is 1. The number of carbonyl (C=O) groups excluding carboxylic acids is 1. The van der Waals surface area contributed by atoms with E-state index in [0.717, 1.165) is 17.7 Å². The van der Waals surface area contributed by atoms with Crippen LogP contribution in [-0.4, -0.2) is 25.2 Å². The minimum absolute atomic E-state index is 0.0374. The van der Waals surface area contributed by atoms with Crippen LogP contribution in [0, 0.1) is 6.92 Å². The summed E-state index contributed by atoms with van der Waals surface area (Å²) in [5.41, 5.74) is 7.56. The highest BCUT2D eigenvalue weighted by Gasteiger charge is 2.28. The molecule has 1 amide bonds. The summed E-state index contributed by atoms with van der Waals surface area (Å²) in [6.45, 7) is 4.22. The zero-order chi connectivity index (χ0) is 24.9. The van der Waals surface area contributed by atoms with E-state index in [9.17, 15) is 14.4 Å². The topological polar surface area (TPSA) is 119 Å². The first-order valence-corrected chi connectivity index (χ1v) is 11.5. The molecule has 9 heteroatoms. The molecule has 0 fully saturated rings. The number of nitrogens with two attached hydrogens (primary N) is 1. The largest absolute Gasteiger partial charge is 0.383 e. The second kappa shape index (κ2) is 10.3. The average Bonchev–Trinajstić information content (AvgIpc) is 3.25. The summed E-state index contributed by atoms with van der Waals surface area (Å²) in [5, 5.41) is 4.40. The molecule has 4 aromatic rings. The molecular formula is C26H28N6O3. The lowest BCUT2D eigenvalue weighted by Crippen LogP contribution is -2.41. The molecule has 0 aliphatic rings. The molecule has 180 valence electrons. The molecule has 0 bridgehead atoms. The molecule has 35 heavy (non-hydrogen) atoms. The average molecular weight is 473 g/mol. The zero-order valence-corrected chi connectivity index (χ0v) is 19.8. The van der Waals surface area contributed by atoms with Crippen molar-refractivity contribution in [3.05, 3.63) is 105 Å². The van der Waals surface area contributed by atoms with Gasteiger partial charge in [0.25, 0.3) is 11.5 Å². The molecule has 3 N–H and O–H groups in total. The van der Waals surface area contributed by atoms with Crippen LogP contribution in [0.1, 0.15) is 41.4 Å². The SMILES string of the molecule is CCCCn1c(N)c(N(Cc2ccccc2)C(=O)c2cnn(-c3ccccc3)c2C)c(=O)[nH]c1=O. The first kappa shape index (κ1) is 23.7. The summed E-state index contributed by atoms with van der Waals surface area (Å²) >= 11 is 0. The van der Waals surface area contributed by atoms with E-state index in [-0.39, 0.29) is 18.1 Å². The van der Waals surface area contributed by atoms with Crippen molar-refractivity contribution >= 4 is 17.4 Å². The van der Waals surface area contributed by atoms with Crippen LogP contribution >= 0.6 is 0 Å². The fourth-order valence-corrected chi connectivity index (χ4v) is 3.99. The van der Waals surface area contributed by atoms with Crippen molar-refractivity contribution in [1.82, 2.24) is 19.3 Å². The molecule has 0 spiro atoms. The molecule has 2 heterocycles. The van der Waals surface area contributed by atoms with Crippen LogP contribution in [-0.2, 0) is 13.1 Å². The zero-order valence-electron chi connectivity index (χ0n) is 19.8. The van der Waals surface area contributed by atoms with E-state index in [2.05, 4.69) is 10.1 Å². The van der Waals surface area contributed by atoms with Gasteiger partial charge in [0.15, 0.2) is 5.69 Å². The van der Waals surface area contributed by atoms with Crippen LogP contribution in [0.15, 0.2) is 76.4 Å². The van der Waals surface area contributed by atoms with Gasteiger partial charge in [0, 0.05) is 6.54 Å². The van der Waals surface area contributed by atoms with Crippen LogP contribution in [0.4, 0.5) is 11.5 Å². The Balaban J connectivity index is 1.84. The Labute approximate surface area is 202 Å². The first-order valence-electron chi connectivity index (χ1n) is 11.5. The predicted molar refractivity (Wildman–Crippen MR) is 136 cm³/mol. The Kier molecular flexibility index (Phi) is 6.96. The van der Waals surface area contributed by atoms with Gasteiger partial charge in [-0.15, -0.1) is 0 Å². The van der Waals surface area contributed by atoms with E-state index in [1.807, 2.05) is 67.6 Å². The Morgan fingerprint density at radius 2 is 1.71 bits per heavy atom. The number of unbranched alkanes of at least 4 members (excludes halogenated alkanes) is 1. The molecule has 0 atom stereocenters. The summed E-state index contributed by atoms with van der Waals surface area (Å²) < 4.78 is 2.98. The van der Waals surface area contributed by atoms with Gasteiger partial charge in [0.1, 0.15) is 5.82 Å². The van der Waals surface area contributed by atoms with Crippen molar-refractivity contribution in [1.29, 1.82) is 0 Å². The highest BCUT2D eigenvalue weighted by atomic mass is 16.2. The Morgan fingerprint density at radius 3 is 2.37 bits per heavy atom. The van der Waals surface area contributed by atoms with E-state index in [1.54, 1.807) is 11.6 Å². The number of rotatable bonds is 8. The second-order valence-electron chi connectivity index (χ2n) is 8.27. The summed E-state index contributed by atoms with van der Waals surface area (Å²) in [5.74, 6) is -0.476. The van der Waals surface area contributed by atoms with Crippen molar-refractivity contribution in [2.45, 2.75) is 39.8 Å². The van der Waals surface area contributed by atoms with Gasteiger partial charge in [-0.1, -0.05) is 61.9 Å². The minimum atomic E-state index is -0.711. The molecule has 0 radical (unpaired) electrons. The Bertz CT molecular complexity index is 1440. The van der Waals surface area contributed by atoms with E-state index < -0.39 is 17.2 Å². The molecule has 2 aromatic heterocycles. The fraction of sp³-hybridized carbons (Fsp3) is 0.231. The number of aromatic amines is 1. The lowest BCUT2D eigenvalue weighted by atomic mass is 10.1. The van der Waals surface area contributed by atoms with Gasteiger partial charge in [-0.05, 0) is 31.0 Å². The summed E-state index contributed by atoms with van der Waals surface area (Å²) in [6, 6.07) is 18.8. The van der Waals surface area contributed by atoms with Gasteiger partial charge in [-0.2, -0.15) is 5.10 Å². The van der Waals surface area contributed by atoms with E-state index in [4.69, 9.17) is 5.73 Å². The fourth-order valence-electron chi connectivity index (χ4n) is 3.99. The highest BCUT2D eigenvalue weighted by Crippen LogP contribution is 2.24. The minimum Gasteiger partial charge on any atom is -0.383 e. The number of anilines is 2. The lowest BCUT2D eigenvalue weighted by molar-refractivity contribution is 0.0984. The molecule has 4 rings (SSSR count). The van der Waals surface area contributed by atoms with Gasteiger partial charge >= 0.3 is 5.69 Å². The smallest absolute Gasteiger partial charge is 0.330 e. The first-order chi connectivity index (χ1) is 16.9. The van der Waals surface area contributed by atoms with Gasteiger partial charge in [-0.25, -0.2) is 9.48 Å². The number of aromatic nitrogens is 4. The van der Waals surface area contributed by atoms with E-state index >= 15 is 0 Å². The predicted octanol–water partition coefficient (Wildman–Crippen LogP) is 3.26. The maximum Gasteiger partial charge on any atom is 0.330 e. The molecule has 0 aliphatic heterocycles. The molecular weight excluding hydrogens is 444 g/mol. The van der Waals surface area contributed by atoms with E-state index in [0.29, 0.717) is 24.2 Å². The quantitative estimate of drug-likeness (QED) is 0.408. The second-order valence-corrected chi connectivity index (χ2v) is 8.27. The van der Waals surface area contributed by atoms with Crippen LogP contribution < -0.4 is 21.9 Å². The molecule has 0 saturated heterocycles. The lowest BCUT2D eigenvalue weighted by Gasteiger charge is -2.24. The van der Waals surface area contributed by atoms with Crippen molar-refractivity contribution in [2.24, 2.45) is 0 Å². The third-order valence-corrected chi connectivity index (χ3v) is 5.89. The standard InChI is InChI=1S/C26H28N6O3/c1-3-4-15-30-23(27)22(24(33)29-26(30)35)31(17-19-11-7-5-8-12-19)25(34)21-16-28-32(18(21)2)20-13-9-6-10-14-20/h5-14,16H,3-4,15,17,27H2,1-2H3,(H,29,33,35). The Morgan fingerprint density at radius 1 is 1.06 bits per heavy atom. The van der Waals surface area contributed by atoms with E-state index in [1.165, 1.54) is 15.7 Å². The summed E-state index contributed by atoms with van der Waals surface area (Å²) in [7, 11) is 0. The van der Waals surface area contributed by atoms with Crippen LogP contribution in [0.5, 0.6) is 0 Å². The Hall–Kier alpha value is -4.40. The number of amides is 1. The van der Waals surface area contributed by atoms with Crippen molar-refractivity contribution in [2.75, 3.05) is 10.6 Å². The highest BCUT2D eigenvalue weighted by molar-refractivity contribution is 6.07. The van der Waals surface area contributed by atoms with Gasteiger partial charge < -0.3 is 5.73 Å². The maximum atomic E-state index is 13.9. The molecule has 0 unspecified atom stereocenters. The molecule has 2 aromatic carbocycles. The van der Waals surface area contributed by atoms with Crippen molar-refractivity contribution in [3.8, 4) is 5.69 Å². The maximum absolute atomic E-state index is 13.9. The summed E-state index contributed by atoms with van der Waals surface area (Å²) in [6.07, 6.45) is 3.02. The number of benzene rings is 2. The van der Waals surface area contributed by atoms with Gasteiger partial charge in [0.05, 0.1) is 29.7 Å². The van der Waals surface area contributed by atoms with Crippen LogP contribution in [0.2, 0.25) is 0 Å². The molecule has 0 saturated carbocycles. The van der Waals surface area contributed by atoms with Crippen LogP contribution in [0.3, 0.4) is 0 Å². The molecule has 0 aliphatic carbocycles. The number of hydrogen-bond donors (Lipinski definition) is 2. The number of H-pyrrole nitrogens is 1. The molecule has 9 nitrogen and oxygen atoms in total. The third-order valence-electron chi connectivity index (χ3n) is 5.89. The number of nitrogen functional groups attached to an aromatic ring is 1. The van der Waals surface area contributed by atoms with Gasteiger partial charge in [-0.3, -0.25) is 24.0 Å². The number of nitrogens with zero attached hydrogens (tertiary/aromatic N) is 4.